The van der Waals surface area contributed by atoms with Gasteiger partial charge in [0.2, 0.25) is 10.0 Å². The third-order valence-corrected chi connectivity index (χ3v) is 4.93. The molecule has 7 nitrogen and oxygen atoms in total. The third-order valence-electron chi connectivity index (χ3n) is 3.63. The van der Waals surface area contributed by atoms with Crippen LogP contribution in [0.2, 0.25) is 0 Å². The lowest BCUT2D eigenvalue weighted by Gasteiger charge is -2.11. The van der Waals surface area contributed by atoms with Gasteiger partial charge in [-0.1, -0.05) is 18.2 Å². The van der Waals surface area contributed by atoms with Crippen molar-refractivity contribution in [2.24, 2.45) is 0 Å². The van der Waals surface area contributed by atoms with Crippen molar-refractivity contribution in [3.8, 4) is 0 Å². The number of amides is 2. The molecule has 2 aromatic rings. The summed E-state index contributed by atoms with van der Waals surface area (Å²) in [5.41, 5.74) is 1.41. The molecule has 0 atom stereocenters. The van der Waals surface area contributed by atoms with Crippen molar-refractivity contribution in [1.82, 2.24) is 5.32 Å². The lowest BCUT2D eigenvalue weighted by Crippen LogP contribution is -2.25. The normalized spacial score (nSPS) is 10.7. The van der Waals surface area contributed by atoms with Crippen molar-refractivity contribution >= 4 is 33.2 Å². The molecule has 0 radical (unpaired) electrons. The molecule has 0 heterocycles. The Balaban J connectivity index is 2.14. The van der Waals surface area contributed by atoms with Gasteiger partial charge in [-0.2, -0.15) is 0 Å². The molecule has 0 saturated carbocycles. The van der Waals surface area contributed by atoms with E-state index >= 15 is 0 Å². The minimum atomic E-state index is -3.38. The highest BCUT2D eigenvalue weighted by atomic mass is 32.2. The van der Waals surface area contributed by atoms with Gasteiger partial charge in [0.1, 0.15) is 0 Å². The summed E-state index contributed by atoms with van der Waals surface area (Å²) in [6.07, 6.45) is 1.56. The Hall–Kier alpha value is -3.13. The first kappa shape index (κ1) is 20.2. The van der Waals surface area contributed by atoms with Crippen LogP contribution in [0.3, 0.4) is 0 Å². The van der Waals surface area contributed by atoms with E-state index in [4.69, 9.17) is 0 Å². The Morgan fingerprint density at radius 1 is 1.04 bits per heavy atom. The van der Waals surface area contributed by atoms with Crippen molar-refractivity contribution in [2.75, 3.05) is 22.3 Å². The molecule has 0 spiro atoms. The number of anilines is 2. The fourth-order valence-electron chi connectivity index (χ4n) is 2.19. The SMILES string of the molecule is C=CCNC(=O)c1ccccc1NC(=O)c1ccc(NS(=O)(=O)CC)cc1. The fraction of sp³-hybridized carbons (Fsp3) is 0.158. The van der Waals surface area contributed by atoms with Gasteiger partial charge in [0.25, 0.3) is 11.8 Å². The van der Waals surface area contributed by atoms with Crippen LogP contribution in [-0.2, 0) is 10.0 Å². The number of hydrogen-bond donors (Lipinski definition) is 3. The van der Waals surface area contributed by atoms with E-state index in [0.29, 0.717) is 29.0 Å². The molecule has 8 heteroatoms. The van der Waals surface area contributed by atoms with Crippen LogP contribution in [0, 0.1) is 0 Å². The first-order valence-electron chi connectivity index (χ1n) is 8.26. The van der Waals surface area contributed by atoms with Crippen LogP contribution in [0.4, 0.5) is 11.4 Å². The van der Waals surface area contributed by atoms with E-state index in [9.17, 15) is 18.0 Å². The van der Waals surface area contributed by atoms with Crippen molar-refractivity contribution in [3.63, 3.8) is 0 Å². The monoisotopic (exact) mass is 387 g/mol. The minimum Gasteiger partial charge on any atom is -0.349 e. The molecule has 0 unspecified atom stereocenters. The zero-order valence-corrected chi connectivity index (χ0v) is 15.7. The largest absolute Gasteiger partial charge is 0.349 e. The average molecular weight is 387 g/mol. The molecule has 2 amide bonds. The summed E-state index contributed by atoms with van der Waals surface area (Å²) in [6.45, 7) is 5.39. The maximum atomic E-state index is 12.5. The first-order chi connectivity index (χ1) is 12.9. The van der Waals surface area contributed by atoms with E-state index in [2.05, 4.69) is 21.9 Å². The smallest absolute Gasteiger partial charge is 0.255 e. The summed E-state index contributed by atoms with van der Waals surface area (Å²) in [5.74, 6) is -0.779. The van der Waals surface area contributed by atoms with E-state index in [1.807, 2.05) is 0 Å². The molecule has 3 N–H and O–H groups in total. The summed E-state index contributed by atoms with van der Waals surface area (Å²) in [6, 6.07) is 12.7. The number of carbonyl (C=O) groups excluding carboxylic acids is 2. The van der Waals surface area contributed by atoms with Crippen molar-refractivity contribution in [2.45, 2.75) is 6.92 Å². The Labute approximate surface area is 158 Å². The quantitative estimate of drug-likeness (QED) is 0.606. The highest BCUT2D eigenvalue weighted by molar-refractivity contribution is 7.92. The van der Waals surface area contributed by atoms with E-state index in [0.717, 1.165) is 0 Å². The summed E-state index contributed by atoms with van der Waals surface area (Å²) >= 11 is 0. The fourth-order valence-corrected chi connectivity index (χ4v) is 2.83. The standard InChI is InChI=1S/C19H21N3O4S/c1-3-13-20-19(24)16-7-5-6-8-17(16)21-18(23)14-9-11-15(12-10-14)22-27(25,26)4-2/h3,5-12,22H,1,4,13H2,2H3,(H,20,24)(H,21,23). The van der Waals surface area contributed by atoms with E-state index in [1.165, 1.54) is 31.2 Å². The average Bonchev–Trinajstić information content (AvgIpc) is 2.66. The third kappa shape index (κ3) is 5.68. The van der Waals surface area contributed by atoms with Crippen LogP contribution in [0.15, 0.2) is 61.2 Å². The van der Waals surface area contributed by atoms with Gasteiger partial charge in [-0.15, -0.1) is 6.58 Å². The molecule has 0 aliphatic rings. The molecule has 0 saturated heterocycles. The van der Waals surface area contributed by atoms with E-state index < -0.39 is 15.9 Å². The summed E-state index contributed by atoms with van der Waals surface area (Å²) < 4.78 is 25.5. The highest BCUT2D eigenvalue weighted by Gasteiger charge is 2.14. The molecule has 0 bridgehead atoms. The zero-order chi connectivity index (χ0) is 19.9. The molecular weight excluding hydrogens is 366 g/mol. The molecule has 2 rings (SSSR count). The number of benzene rings is 2. The Kier molecular flexibility index (Phi) is 6.73. The van der Waals surface area contributed by atoms with Crippen LogP contribution in [0.25, 0.3) is 0 Å². The van der Waals surface area contributed by atoms with Gasteiger partial charge in [-0.05, 0) is 43.3 Å². The lowest BCUT2D eigenvalue weighted by atomic mass is 10.1. The summed E-state index contributed by atoms with van der Waals surface area (Å²) in [7, 11) is -3.38. The Bertz CT molecular complexity index is 938. The van der Waals surface area contributed by atoms with Gasteiger partial charge in [-0.25, -0.2) is 8.42 Å². The van der Waals surface area contributed by atoms with Crippen molar-refractivity contribution < 1.29 is 18.0 Å². The maximum Gasteiger partial charge on any atom is 0.255 e. The molecule has 27 heavy (non-hydrogen) atoms. The number of para-hydroxylation sites is 1. The summed E-state index contributed by atoms with van der Waals surface area (Å²) in [4.78, 5) is 24.6. The second-order valence-corrected chi connectivity index (χ2v) is 7.59. The van der Waals surface area contributed by atoms with Gasteiger partial charge >= 0.3 is 0 Å². The lowest BCUT2D eigenvalue weighted by molar-refractivity contribution is 0.0959. The number of nitrogens with one attached hydrogen (secondary N) is 3. The van der Waals surface area contributed by atoms with Crippen LogP contribution < -0.4 is 15.4 Å². The topological polar surface area (TPSA) is 104 Å². The molecule has 0 aromatic heterocycles. The van der Waals surface area contributed by atoms with Gasteiger partial charge in [0.05, 0.1) is 17.0 Å². The van der Waals surface area contributed by atoms with E-state index in [1.54, 1.807) is 30.3 Å². The second-order valence-electron chi connectivity index (χ2n) is 5.58. The first-order valence-corrected chi connectivity index (χ1v) is 9.91. The number of hydrogen-bond acceptors (Lipinski definition) is 4. The maximum absolute atomic E-state index is 12.5. The number of sulfonamides is 1. The van der Waals surface area contributed by atoms with Gasteiger partial charge in [0, 0.05) is 17.8 Å². The zero-order valence-electron chi connectivity index (χ0n) is 14.9. The predicted molar refractivity (Wildman–Crippen MR) is 106 cm³/mol. The Morgan fingerprint density at radius 2 is 1.70 bits per heavy atom. The number of rotatable bonds is 8. The molecule has 0 aliphatic heterocycles. The van der Waals surface area contributed by atoms with E-state index in [-0.39, 0.29) is 11.7 Å². The Morgan fingerprint density at radius 3 is 2.33 bits per heavy atom. The second kappa shape index (κ2) is 9.00. The summed E-state index contributed by atoms with van der Waals surface area (Å²) in [5, 5.41) is 5.36. The molecule has 2 aromatic carbocycles. The minimum absolute atomic E-state index is 0.0417. The molecule has 0 aliphatic carbocycles. The van der Waals surface area contributed by atoms with Crippen LogP contribution in [-0.4, -0.2) is 32.5 Å². The molecule has 0 fully saturated rings. The van der Waals surface area contributed by atoms with Crippen molar-refractivity contribution in [1.29, 1.82) is 0 Å². The van der Waals surface area contributed by atoms with Gasteiger partial charge < -0.3 is 10.6 Å². The predicted octanol–water partition coefficient (Wildman–Crippen LogP) is 2.62. The van der Waals surface area contributed by atoms with Crippen LogP contribution >= 0.6 is 0 Å². The molecule has 142 valence electrons. The number of carbonyl (C=O) groups is 2. The highest BCUT2D eigenvalue weighted by Crippen LogP contribution is 2.17. The molecular formula is C19H21N3O4S. The van der Waals surface area contributed by atoms with Crippen LogP contribution in [0.5, 0.6) is 0 Å². The van der Waals surface area contributed by atoms with Gasteiger partial charge in [0.15, 0.2) is 0 Å². The van der Waals surface area contributed by atoms with Crippen molar-refractivity contribution in [3.05, 3.63) is 72.3 Å². The van der Waals surface area contributed by atoms with Gasteiger partial charge in [-0.3, -0.25) is 14.3 Å². The van der Waals surface area contributed by atoms with Crippen LogP contribution in [0.1, 0.15) is 27.6 Å².